The number of rotatable bonds is 4. The highest BCUT2D eigenvalue weighted by Gasteiger charge is 2.20. The summed E-state index contributed by atoms with van der Waals surface area (Å²) < 4.78 is 19.1. The maximum Gasteiger partial charge on any atom is 0.127 e. The molecule has 5 heteroatoms. The van der Waals surface area contributed by atoms with E-state index in [4.69, 9.17) is 15.6 Å². The molecule has 1 aliphatic heterocycles. The molecule has 1 unspecified atom stereocenters. The van der Waals surface area contributed by atoms with E-state index in [2.05, 4.69) is 4.90 Å². The Morgan fingerprint density at radius 2 is 2.33 bits per heavy atom. The van der Waals surface area contributed by atoms with E-state index in [1.807, 2.05) is 0 Å². The van der Waals surface area contributed by atoms with E-state index in [-0.39, 0.29) is 18.5 Å². The second kappa shape index (κ2) is 6.24. The van der Waals surface area contributed by atoms with Gasteiger partial charge in [-0.3, -0.25) is 4.90 Å². The number of halogens is 1. The molecule has 0 radical (unpaired) electrons. The number of morpholine rings is 1. The zero-order chi connectivity index (χ0) is 13.0. The lowest BCUT2D eigenvalue weighted by molar-refractivity contribution is -0.0553. The van der Waals surface area contributed by atoms with Crippen LogP contribution >= 0.6 is 0 Å². The Morgan fingerprint density at radius 3 is 3.06 bits per heavy atom. The molecule has 18 heavy (non-hydrogen) atoms. The normalized spacial score (nSPS) is 21.2. The van der Waals surface area contributed by atoms with E-state index in [0.29, 0.717) is 31.8 Å². The van der Waals surface area contributed by atoms with Gasteiger partial charge in [0.15, 0.2) is 0 Å². The van der Waals surface area contributed by atoms with Gasteiger partial charge < -0.3 is 15.6 Å². The summed E-state index contributed by atoms with van der Waals surface area (Å²) in [7, 11) is 0. The van der Waals surface area contributed by atoms with E-state index < -0.39 is 0 Å². The minimum Gasteiger partial charge on any atom is -0.394 e. The summed E-state index contributed by atoms with van der Waals surface area (Å²) in [5.74, 6) is -0.209. The first-order valence-corrected chi connectivity index (χ1v) is 6.15. The van der Waals surface area contributed by atoms with E-state index in [1.165, 1.54) is 6.07 Å². The lowest BCUT2D eigenvalue weighted by Gasteiger charge is -2.32. The van der Waals surface area contributed by atoms with Crippen LogP contribution in [-0.4, -0.2) is 42.4 Å². The molecule has 0 saturated carbocycles. The van der Waals surface area contributed by atoms with Crippen LogP contribution in [0.3, 0.4) is 0 Å². The van der Waals surface area contributed by atoms with Crippen molar-refractivity contribution in [2.75, 3.05) is 26.3 Å². The predicted molar refractivity (Wildman–Crippen MR) is 66.4 cm³/mol. The van der Waals surface area contributed by atoms with Crippen molar-refractivity contribution < 1.29 is 14.2 Å². The Kier molecular flexibility index (Phi) is 4.66. The number of ether oxygens (including phenoxy) is 1. The first-order valence-electron chi connectivity index (χ1n) is 6.15. The highest BCUT2D eigenvalue weighted by molar-refractivity contribution is 5.25. The van der Waals surface area contributed by atoms with Crippen molar-refractivity contribution >= 4 is 0 Å². The topological polar surface area (TPSA) is 58.7 Å². The summed E-state index contributed by atoms with van der Waals surface area (Å²) in [5, 5.41) is 9.07. The summed E-state index contributed by atoms with van der Waals surface area (Å²) in [6.45, 7) is 2.89. The Balaban J connectivity index is 2.04. The van der Waals surface area contributed by atoms with Crippen LogP contribution in [-0.2, 0) is 17.8 Å². The second-order valence-corrected chi connectivity index (χ2v) is 4.54. The monoisotopic (exact) mass is 254 g/mol. The van der Waals surface area contributed by atoms with Crippen molar-refractivity contribution in [1.82, 2.24) is 4.90 Å². The van der Waals surface area contributed by atoms with Crippen molar-refractivity contribution in [3.8, 4) is 0 Å². The maximum absolute atomic E-state index is 13.7. The van der Waals surface area contributed by atoms with Gasteiger partial charge in [0, 0.05) is 31.7 Å². The number of benzene rings is 1. The molecule has 0 aliphatic carbocycles. The molecule has 1 atom stereocenters. The van der Waals surface area contributed by atoms with Crippen LogP contribution < -0.4 is 5.73 Å². The molecular weight excluding hydrogens is 235 g/mol. The predicted octanol–water partition coefficient (Wildman–Crippen LogP) is 0.477. The summed E-state index contributed by atoms with van der Waals surface area (Å²) in [4.78, 5) is 2.09. The number of nitrogens with two attached hydrogens (primary N) is 1. The lowest BCUT2D eigenvalue weighted by atomic mass is 10.1. The van der Waals surface area contributed by atoms with Crippen molar-refractivity contribution in [2.24, 2.45) is 5.73 Å². The van der Waals surface area contributed by atoms with Gasteiger partial charge in [0.1, 0.15) is 5.82 Å². The molecule has 1 saturated heterocycles. The Bertz CT molecular complexity index is 401. The van der Waals surface area contributed by atoms with E-state index in [0.717, 1.165) is 12.1 Å². The third kappa shape index (κ3) is 3.26. The molecular formula is C13H19FN2O2. The van der Waals surface area contributed by atoms with Crippen molar-refractivity contribution in [2.45, 2.75) is 19.2 Å². The Morgan fingerprint density at radius 1 is 1.50 bits per heavy atom. The summed E-state index contributed by atoms with van der Waals surface area (Å²) in [5.41, 5.74) is 7.14. The molecule has 4 nitrogen and oxygen atoms in total. The van der Waals surface area contributed by atoms with Crippen LogP contribution in [0.1, 0.15) is 11.1 Å². The van der Waals surface area contributed by atoms with Crippen molar-refractivity contribution in [1.29, 1.82) is 0 Å². The van der Waals surface area contributed by atoms with Gasteiger partial charge in [0.05, 0.1) is 19.3 Å². The minimum absolute atomic E-state index is 0.00181. The third-order valence-corrected chi connectivity index (χ3v) is 3.17. The number of hydrogen-bond donors (Lipinski definition) is 2. The number of aliphatic hydroxyl groups excluding tert-OH is 1. The van der Waals surface area contributed by atoms with Crippen LogP contribution in [0, 0.1) is 5.82 Å². The summed E-state index contributed by atoms with van der Waals surface area (Å²) >= 11 is 0. The zero-order valence-corrected chi connectivity index (χ0v) is 10.3. The Labute approximate surface area is 106 Å². The van der Waals surface area contributed by atoms with E-state index in [1.54, 1.807) is 12.1 Å². The molecule has 3 N–H and O–H groups in total. The van der Waals surface area contributed by atoms with Crippen LogP contribution in [0.2, 0.25) is 0 Å². The molecule has 1 aliphatic rings. The molecule has 0 amide bonds. The van der Waals surface area contributed by atoms with Gasteiger partial charge in [0.2, 0.25) is 0 Å². The lowest BCUT2D eigenvalue weighted by Crippen LogP contribution is -2.43. The van der Waals surface area contributed by atoms with Gasteiger partial charge in [-0.05, 0) is 11.6 Å². The number of nitrogens with zero attached hydrogens (tertiary/aromatic N) is 1. The molecule has 1 aromatic rings. The van der Waals surface area contributed by atoms with Gasteiger partial charge >= 0.3 is 0 Å². The van der Waals surface area contributed by atoms with Crippen LogP contribution in [0.4, 0.5) is 4.39 Å². The Hall–Kier alpha value is -1.01. The van der Waals surface area contributed by atoms with Crippen LogP contribution in [0.5, 0.6) is 0 Å². The van der Waals surface area contributed by atoms with Gasteiger partial charge in [-0.15, -0.1) is 0 Å². The summed E-state index contributed by atoms with van der Waals surface area (Å²) in [6.07, 6.45) is -0.167. The highest BCUT2D eigenvalue weighted by atomic mass is 19.1. The van der Waals surface area contributed by atoms with E-state index >= 15 is 0 Å². The quantitative estimate of drug-likeness (QED) is 0.820. The largest absolute Gasteiger partial charge is 0.394 e. The number of hydrogen-bond acceptors (Lipinski definition) is 4. The molecule has 0 bridgehead atoms. The first kappa shape index (κ1) is 13.4. The fourth-order valence-electron chi connectivity index (χ4n) is 2.15. The van der Waals surface area contributed by atoms with E-state index in [9.17, 15) is 4.39 Å². The van der Waals surface area contributed by atoms with Gasteiger partial charge in [-0.25, -0.2) is 4.39 Å². The average Bonchev–Trinajstić information content (AvgIpc) is 2.41. The van der Waals surface area contributed by atoms with Crippen molar-refractivity contribution in [3.05, 3.63) is 35.1 Å². The first-order chi connectivity index (χ1) is 8.72. The second-order valence-electron chi connectivity index (χ2n) is 4.54. The van der Waals surface area contributed by atoms with Gasteiger partial charge in [-0.2, -0.15) is 0 Å². The third-order valence-electron chi connectivity index (χ3n) is 3.17. The van der Waals surface area contributed by atoms with Gasteiger partial charge in [0.25, 0.3) is 0 Å². The zero-order valence-electron chi connectivity index (χ0n) is 10.3. The maximum atomic E-state index is 13.7. The number of aliphatic hydroxyl groups is 1. The molecule has 2 rings (SSSR count). The highest BCUT2D eigenvalue weighted by Crippen LogP contribution is 2.15. The van der Waals surface area contributed by atoms with Gasteiger partial charge in [-0.1, -0.05) is 12.1 Å². The van der Waals surface area contributed by atoms with Crippen molar-refractivity contribution in [3.63, 3.8) is 0 Å². The van der Waals surface area contributed by atoms with Crippen LogP contribution in [0.25, 0.3) is 0 Å². The fourth-order valence-corrected chi connectivity index (χ4v) is 2.15. The summed E-state index contributed by atoms with van der Waals surface area (Å²) in [6, 6.07) is 4.97. The van der Waals surface area contributed by atoms with Crippen LogP contribution in [0.15, 0.2) is 18.2 Å². The molecule has 0 aromatic heterocycles. The average molecular weight is 254 g/mol. The standard InChI is InChI=1S/C13H19FN2O2/c14-13-2-1-10(6-15)5-11(13)7-16-3-4-18-12(8-16)9-17/h1-2,5,12,17H,3-4,6-9,15H2. The SMILES string of the molecule is NCc1ccc(F)c(CN2CCOC(CO)C2)c1. The fraction of sp³-hybridized carbons (Fsp3) is 0.538. The molecule has 1 fully saturated rings. The molecule has 1 aromatic carbocycles. The smallest absolute Gasteiger partial charge is 0.127 e. The molecule has 0 spiro atoms. The minimum atomic E-state index is -0.209. The molecule has 1 heterocycles. The molecule has 100 valence electrons.